The smallest absolute Gasteiger partial charge is 0.00297 e. The molecule has 1 saturated carbocycles. The van der Waals surface area contributed by atoms with Crippen molar-refractivity contribution in [2.75, 3.05) is 0 Å². The fraction of sp³-hybridized carbons (Fsp3) is 0.857. The van der Waals surface area contributed by atoms with E-state index < -0.39 is 0 Å². The molecule has 0 heteroatoms. The van der Waals surface area contributed by atoms with Crippen LogP contribution in [0.15, 0.2) is 0 Å². The molecule has 0 atom stereocenters. The van der Waals surface area contributed by atoms with Crippen LogP contribution in [0.25, 0.3) is 0 Å². The van der Waals surface area contributed by atoms with E-state index >= 15 is 0 Å². The summed E-state index contributed by atoms with van der Waals surface area (Å²) in [7, 11) is 0. The summed E-state index contributed by atoms with van der Waals surface area (Å²) < 4.78 is 0. The average Bonchev–Trinajstić information content (AvgIpc) is 2.26. The molecule has 0 saturated heterocycles. The van der Waals surface area contributed by atoms with Crippen molar-refractivity contribution in [3.05, 3.63) is 0 Å². The Morgan fingerprint density at radius 2 is 1.21 bits per heavy atom. The molecule has 1 rings (SSSR count). The Kier molecular flexibility index (Phi) is 31.4. The first kappa shape index (κ1) is 19.2. The van der Waals surface area contributed by atoms with E-state index in [1.165, 1.54) is 32.1 Å². The Morgan fingerprint density at radius 3 is 1.36 bits per heavy atom. The van der Waals surface area contributed by atoms with E-state index in [4.69, 9.17) is 0 Å². The lowest BCUT2D eigenvalue weighted by molar-refractivity contribution is 0.385. The number of hydrogen-bond acceptors (Lipinski definition) is 0. The van der Waals surface area contributed by atoms with Gasteiger partial charge in [0.05, 0.1) is 0 Å². The molecule has 0 spiro atoms. The van der Waals surface area contributed by atoms with Crippen molar-refractivity contribution in [2.24, 2.45) is 5.92 Å². The predicted molar refractivity (Wildman–Crippen MR) is 69.5 cm³/mol. The van der Waals surface area contributed by atoms with Gasteiger partial charge in [-0.15, -0.1) is 12.3 Å². The van der Waals surface area contributed by atoms with Gasteiger partial charge in [-0.3, -0.25) is 0 Å². The van der Waals surface area contributed by atoms with E-state index in [2.05, 4.69) is 19.3 Å². The fourth-order valence-electron chi connectivity index (χ4n) is 1.31. The maximum absolute atomic E-state index is 4.60. The molecule has 0 aliphatic heterocycles. The lowest BCUT2D eigenvalue weighted by Gasteiger charge is -2.15. The lowest BCUT2D eigenvalue weighted by Crippen LogP contribution is -1.99. The summed E-state index contributed by atoms with van der Waals surface area (Å²) >= 11 is 0. The van der Waals surface area contributed by atoms with Gasteiger partial charge in [-0.2, -0.15) is 0 Å². The van der Waals surface area contributed by atoms with Crippen molar-refractivity contribution in [2.45, 2.75) is 73.6 Å². The second kappa shape index (κ2) is 22.9. The first-order valence-electron chi connectivity index (χ1n) is 6.18. The molecule has 0 heterocycles. The summed E-state index contributed by atoms with van der Waals surface area (Å²) in [6.07, 6.45) is 12.0. The van der Waals surface area contributed by atoms with Gasteiger partial charge in [0.1, 0.15) is 0 Å². The van der Waals surface area contributed by atoms with Gasteiger partial charge in [0, 0.05) is 0 Å². The van der Waals surface area contributed by atoms with Crippen LogP contribution in [-0.4, -0.2) is 0 Å². The minimum atomic E-state index is 1.04. The van der Waals surface area contributed by atoms with E-state index in [9.17, 15) is 0 Å². The molecule has 1 fully saturated rings. The van der Waals surface area contributed by atoms with Crippen LogP contribution in [0.1, 0.15) is 73.6 Å². The lowest BCUT2D eigenvalue weighted by atomic mass is 9.91. The summed E-state index contributed by atoms with van der Waals surface area (Å²) in [6.45, 7) is 12.0. The summed E-state index contributed by atoms with van der Waals surface area (Å²) in [5.74, 6) is 3.29. The monoisotopic (exact) mass is 198 g/mol. The summed E-state index contributed by atoms with van der Waals surface area (Å²) in [5, 5.41) is 0. The van der Waals surface area contributed by atoms with Gasteiger partial charge in [0.25, 0.3) is 0 Å². The Bertz CT molecular complexity index is 91.1. The molecule has 0 nitrogen and oxygen atoms in total. The normalized spacial score (nSPS) is 14.1. The van der Waals surface area contributed by atoms with E-state index in [1.54, 1.807) is 6.92 Å². The third-order valence-corrected chi connectivity index (χ3v) is 1.89. The summed E-state index contributed by atoms with van der Waals surface area (Å²) in [5.41, 5.74) is 0. The third-order valence-electron chi connectivity index (χ3n) is 1.89. The Balaban J connectivity index is -0.000000148. The van der Waals surface area contributed by atoms with Crippen molar-refractivity contribution >= 4 is 0 Å². The van der Waals surface area contributed by atoms with Crippen molar-refractivity contribution in [1.29, 1.82) is 0 Å². The van der Waals surface area contributed by atoms with Crippen LogP contribution in [0.2, 0.25) is 0 Å². The SMILES string of the molecule is C#CC.CC.CC.CC1CCCCC1. The van der Waals surface area contributed by atoms with E-state index in [1.807, 2.05) is 27.7 Å². The standard InChI is InChI=1S/C7H14.C3H4.2C2H6/c1-7-5-3-2-4-6-7;1-3-2;2*1-2/h7H,2-6H2,1H3;1H,2H3;2*1-2H3. The second-order valence-electron chi connectivity index (χ2n) is 3.03. The van der Waals surface area contributed by atoms with Gasteiger partial charge in [-0.05, 0) is 12.8 Å². The first-order chi connectivity index (χ1) is 6.81. The van der Waals surface area contributed by atoms with Gasteiger partial charge in [0.2, 0.25) is 0 Å². The van der Waals surface area contributed by atoms with Gasteiger partial charge in [-0.25, -0.2) is 0 Å². The zero-order valence-corrected chi connectivity index (χ0v) is 11.2. The van der Waals surface area contributed by atoms with Crippen LogP contribution < -0.4 is 0 Å². The molecular formula is C14H30. The molecule has 1 aliphatic rings. The molecule has 0 N–H and O–H groups in total. The summed E-state index contributed by atoms with van der Waals surface area (Å²) in [6, 6.07) is 0. The molecule has 14 heavy (non-hydrogen) atoms. The zero-order chi connectivity index (χ0) is 11.8. The topological polar surface area (TPSA) is 0 Å². The maximum atomic E-state index is 4.60. The molecule has 0 unspecified atom stereocenters. The minimum Gasteiger partial charge on any atom is -0.120 e. The molecule has 0 aromatic rings. The summed E-state index contributed by atoms with van der Waals surface area (Å²) in [4.78, 5) is 0. The van der Waals surface area contributed by atoms with Crippen LogP contribution >= 0.6 is 0 Å². The quantitative estimate of drug-likeness (QED) is 0.465. The van der Waals surface area contributed by atoms with Crippen LogP contribution in [0.5, 0.6) is 0 Å². The zero-order valence-electron chi connectivity index (χ0n) is 11.2. The molecule has 0 bridgehead atoms. The van der Waals surface area contributed by atoms with Gasteiger partial charge >= 0.3 is 0 Å². The molecule has 86 valence electrons. The average molecular weight is 198 g/mol. The van der Waals surface area contributed by atoms with Crippen LogP contribution in [0.4, 0.5) is 0 Å². The van der Waals surface area contributed by atoms with Crippen molar-refractivity contribution in [3.63, 3.8) is 0 Å². The predicted octanol–water partition coefficient (Wildman–Crippen LogP) is 5.28. The molecule has 0 aromatic carbocycles. The molecule has 0 radical (unpaired) electrons. The fourth-order valence-corrected chi connectivity index (χ4v) is 1.31. The largest absolute Gasteiger partial charge is 0.120 e. The second-order valence-corrected chi connectivity index (χ2v) is 3.03. The highest BCUT2D eigenvalue weighted by Crippen LogP contribution is 2.21. The Hall–Kier alpha value is -0.440. The van der Waals surface area contributed by atoms with Crippen molar-refractivity contribution < 1.29 is 0 Å². The van der Waals surface area contributed by atoms with Gasteiger partial charge < -0.3 is 0 Å². The van der Waals surface area contributed by atoms with Crippen LogP contribution in [0, 0.1) is 18.3 Å². The highest BCUT2D eigenvalue weighted by molar-refractivity contribution is 4.73. The third kappa shape index (κ3) is 22.6. The minimum absolute atomic E-state index is 1.04. The molecular weight excluding hydrogens is 168 g/mol. The molecule has 0 aromatic heterocycles. The first-order valence-corrected chi connectivity index (χ1v) is 6.18. The van der Waals surface area contributed by atoms with E-state index in [-0.39, 0.29) is 0 Å². The van der Waals surface area contributed by atoms with Crippen LogP contribution in [0.3, 0.4) is 0 Å². The molecule has 0 amide bonds. The number of rotatable bonds is 0. The van der Waals surface area contributed by atoms with Gasteiger partial charge in [0.15, 0.2) is 0 Å². The Morgan fingerprint density at radius 1 is 0.929 bits per heavy atom. The molecule has 1 aliphatic carbocycles. The highest BCUT2D eigenvalue weighted by Gasteiger charge is 2.05. The van der Waals surface area contributed by atoms with E-state index in [0.717, 1.165) is 5.92 Å². The Labute approximate surface area is 92.5 Å². The number of hydrogen-bond donors (Lipinski definition) is 0. The number of terminal acetylenes is 1. The maximum Gasteiger partial charge on any atom is -0.00297 e. The van der Waals surface area contributed by atoms with Gasteiger partial charge in [-0.1, -0.05) is 66.7 Å². The van der Waals surface area contributed by atoms with Crippen LogP contribution in [-0.2, 0) is 0 Å². The van der Waals surface area contributed by atoms with Crippen molar-refractivity contribution in [3.8, 4) is 12.3 Å². The van der Waals surface area contributed by atoms with E-state index in [0.29, 0.717) is 0 Å². The highest BCUT2D eigenvalue weighted by atomic mass is 14.1. The van der Waals surface area contributed by atoms with Crippen molar-refractivity contribution in [1.82, 2.24) is 0 Å².